The fraction of sp³-hybridized carbons (Fsp3) is 0.625. The molecule has 3 N–H and O–H groups in total. The van der Waals surface area contributed by atoms with Crippen LogP contribution < -0.4 is 5.73 Å². The summed E-state index contributed by atoms with van der Waals surface area (Å²) in [4.78, 5) is 2.22. The van der Waals surface area contributed by atoms with Crippen LogP contribution in [0.2, 0.25) is 0 Å². The Morgan fingerprint density at radius 1 is 1.20 bits per heavy atom. The predicted molar refractivity (Wildman–Crippen MR) is 78.7 cm³/mol. The van der Waals surface area contributed by atoms with Crippen molar-refractivity contribution in [3.63, 3.8) is 0 Å². The molecule has 112 valence electrons. The SMILES string of the molecule is NCc1cccc(CN(CCO)C2CCCCC2)c1F. The molecule has 1 aliphatic carbocycles. The molecular weight excluding hydrogens is 255 g/mol. The molecule has 1 aromatic carbocycles. The van der Waals surface area contributed by atoms with Gasteiger partial charge in [0.15, 0.2) is 0 Å². The van der Waals surface area contributed by atoms with E-state index in [0.717, 1.165) is 12.8 Å². The Kier molecular flexibility index (Phi) is 5.95. The molecule has 1 aromatic rings. The monoisotopic (exact) mass is 280 g/mol. The van der Waals surface area contributed by atoms with Crippen LogP contribution in [-0.2, 0) is 13.1 Å². The summed E-state index contributed by atoms with van der Waals surface area (Å²) < 4.78 is 14.3. The molecule has 3 nitrogen and oxygen atoms in total. The first kappa shape index (κ1) is 15.4. The second-order valence-corrected chi connectivity index (χ2v) is 5.58. The molecule has 0 spiro atoms. The van der Waals surface area contributed by atoms with Crippen molar-refractivity contribution in [2.24, 2.45) is 5.73 Å². The topological polar surface area (TPSA) is 49.5 Å². The van der Waals surface area contributed by atoms with Crippen LogP contribution in [0.3, 0.4) is 0 Å². The van der Waals surface area contributed by atoms with Crippen molar-refractivity contribution in [2.45, 2.75) is 51.2 Å². The number of nitrogens with two attached hydrogens (primary N) is 1. The molecule has 0 aliphatic heterocycles. The van der Waals surface area contributed by atoms with Crippen molar-refractivity contribution >= 4 is 0 Å². The molecule has 0 heterocycles. The minimum atomic E-state index is -0.186. The highest BCUT2D eigenvalue weighted by molar-refractivity contribution is 5.26. The highest BCUT2D eigenvalue weighted by Gasteiger charge is 2.22. The third kappa shape index (κ3) is 3.78. The Morgan fingerprint density at radius 2 is 1.90 bits per heavy atom. The lowest BCUT2D eigenvalue weighted by Crippen LogP contribution is -2.38. The molecule has 0 atom stereocenters. The average Bonchev–Trinajstić information content (AvgIpc) is 2.49. The highest BCUT2D eigenvalue weighted by Crippen LogP contribution is 2.25. The van der Waals surface area contributed by atoms with E-state index in [1.165, 1.54) is 19.3 Å². The van der Waals surface area contributed by atoms with E-state index in [1.54, 1.807) is 6.07 Å². The number of benzene rings is 1. The zero-order valence-electron chi connectivity index (χ0n) is 12.0. The summed E-state index contributed by atoms with van der Waals surface area (Å²) >= 11 is 0. The Balaban J connectivity index is 2.10. The fourth-order valence-corrected chi connectivity index (χ4v) is 3.10. The predicted octanol–water partition coefficient (Wildman–Crippen LogP) is 2.41. The minimum absolute atomic E-state index is 0.120. The first-order valence-electron chi connectivity index (χ1n) is 7.57. The summed E-state index contributed by atoms with van der Waals surface area (Å²) in [6, 6.07) is 5.88. The van der Waals surface area contributed by atoms with Crippen LogP contribution in [0.4, 0.5) is 4.39 Å². The quantitative estimate of drug-likeness (QED) is 0.841. The van der Waals surface area contributed by atoms with Gasteiger partial charge in [-0.25, -0.2) is 4.39 Å². The molecule has 0 bridgehead atoms. The van der Waals surface area contributed by atoms with Crippen LogP contribution in [0, 0.1) is 5.82 Å². The van der Waals surface area contributed by atoms with Crippen molar-refractivity contribution in [3.05, 3.63) is 35.1 Å². The van der Waals surface area contributed by atoms with Crippen LogP contribution in [0.25, 0.3) is 0 Å². The summed E-state index contributed by atoms with van der Waals surface area (Å²) in [6.45, 7) is 1.51. The summed E-state index contributed by atoms with van der Waals surface area (Å²) in [5, 5.41) is 9.26. The van der Waals surface area contributed by atoms with Gasteiger partial charge in [-0.3, -0.25) is 4.90 Å². The van der Waals surface area contributed by atoms with Gasteiger partial charge in [0.05, 0.1) is 6.61 Å². The van der Waals surface area contributed by atoms with Crippen molar-refractivity contribution in [1.29, 1.82) is 0 Å². The molecule has 1 fully saturated rings. The number of hydrogen-bond donors (Lipinski definition) is 2. The van der Waals surface area contributed by atoms with Gasteiger partial charge in [-0.05, 0) is 12.8 Å². The maximum Gasteiger partial charge on any atom is 0.132 e. The Hall–Kier alpha value is -0.970. The van der Waals surface area contributed by atoms with Crippen LogP contribution in [-0.4, -0.2) is 29.2 Å². The van der Waals surface area contributed by atoms with Gasteiger partial charge in [0.2, 0.25) is 0 Å². The van der Waals surface area contributed by atoms with Crippen LogP contribution in [0.15, 0.2) is 18.2 Å². The second kappa shape index (κ2) is 7.72. The molecule has 4 heteroatoms. The van der Waals surface area contributed by atoms with Gasteiger partial charge in [0.25, 0.3) is 0 Å². The first-order chi connectivity index (χ1) is 9.76. The Bertz CT molecular complexity index is 419. The maximum absolute atomic E-state index is 14.3. The van der Waals surface area contributed by atoms with E-state index < -0.39 is 0 Å². The largest absolute Gasteiger partial charge is 0.395 e. The summed E-state index contributed by atoms with van der Waals surface area (Å²) in [5.74, 6) is -0.186. The number of aliphatic hydroxyl groups excluding tert-OH is 1. The van der Waals surface area contributed by atoms with E-state index in [2.05, 4.69) is 4.90 Å². The molecule has 0 amide bonds. The van der Waals surface area contributed by atoms with Crippen molar-refractivity contribution in [2.75, 3.05) is 13.2 Å². The van der Waals surface area contributed by atoms with Gasteiger partial charge in [-0.1, -0.05) is 37.5 Å². The van der Waals surface area contributed by atoms with E-state index in [0.29, 0.717) is 30.3 Å². The second-order valence-electron chi connectivity index (χ2n) is 5.58. The number of halogens is 1. The Morgan fingerprint density at radius 3 is 2.55 bits per heavy atom. The molecule has 20 heavy (non-hydrogen) atoms. The van der Waals surface area contributed by atoms with Gasteiger partial charge in [-0.2, -0.15) is 0 Å². The highest BCUT2D eigenvalue weighted by atomic mass is 19.1. The van der Waals surface area contributed by atoms with Gasteiger partial charge >= 0.3 is 0 Å². The molecule has 1 saturated carbocycles. The van der Waals surface area contributed by atoms with Crippen LogP contribution in [0.5, 0.6) is 0 Å². The normalized spacial score (nSPS) is 16.8. The summed E-state index contributed by atoms with van der Waals surface area (Å²) in [6.07, 6.45) is 6.06. The molecule has 0 saturated heterocycles. The summed E-state index contributed by atoms with van der Waals surface area (Å²) in [5.41, 5.74) is 6.81. The third-order valence-corrected chi connectivity index (χ3v) is 4.23. The lowest BCUT2D eigenvalue weighted by Gasteiger charge is -2.34. The van der Waals surface area contributed by atoms with Crippen molar-refractivity contribution < 1.29 is 9.50 Å². The standard InChI is InChI=1S/C16H25FN2O/c17-16-13(11-18)5-4-6-14(16)12-19(9-10-20)15-7-2-1-3-8-15/h4-6,15,20H,1-3,7-12,18H2. The zero-order chi connectivity index (χ0) is 14.4. The van der Waals surface area contributed by atoms with Crippen molar-refractivity contribution in [3.8, 4) is 0 Å². The molecule has 0 aromatic heterocycles. The number of rotatable bonds is 6. The first-order valence-corrected chi connectivity index (χ1v) is 7.57. The van der Waals surface area contributed by atoms with E-state index in [9.17, 15) is 9.50 Å². The van der Waals surface area contributed by atoms with Gasteiger partial charge in [0.1, 0.15) is 5.82 Å². The van der Waals surface area contributed by atoms with Crippen molar-refractivity contribution in [1.82, 2.24) is 4.90 Å². The van der Waals surface area contributed by atoms with E-state index >= 15 is 0 Å². The summed E-state index contributed by atoms with van der Waals surface area (Å²) in [7, 11) is 0. The third-order valence-electron chi connectivity index (χ3n) is 4.23. The average molecular weight is 280 g/mol. The maximum atomic E-state index is 14.3. The fourth-order valence-electron chi connectivity index (χ4n) is 3.10. The lowest BCUT2D eigenvalue weighted by atomic mass is 9.93. The smallest absolute Gasteiger partial charge is 0.132 e. The zero-order valence-corrected chi connectivity index (χ0v) is 12.0. The molecular formula is C16H25FN2O. The van der Waals surface area contributed by atoms with Gasteiger partial charge in [-0.15, -0.1) is 0 Å². The molecule has 0 radical (unpaired) electrons. The lowest BCUT2D eigenvalue weighted by molar-refractivity contribution is 0.116. The number of aliphatic hydroxyl groups is 1. The molecule has 1 aliphatic rings. The van der Waals surface area contributed by atoms with Gasteiger partial charge in [0, 0.05) is 36.8 Å². The van der Waals surface area contributed by atoms with Crippen LogP contribution in [0.1, 0.15) is 43.2 Å². The molecule has 2 rings (SSSR count). The minimum Gasteiger partial charge on any atom is -0.395 e. The van der Waals surface area contributed by atoms with E-state index in [4.69, 9.17) is 5.73 Å². The van der Waals surface area contributed by atoms with Gasteiger partial charge < -0.3 is 10.8 Å². The van der Waals surface area contributed by atoms with Crippen LogP contribution >= 0.6 is 0 Å². The van der Waals surface area contributed by atoms with E-state index in [-0.39, 0.29) is 19.0 Å². The van der Waals surface area contributed by atoms with E-state index in [1.807, 2.05) is 12.1 Å². The Labute approximate surface area is 120 Å². The number of nitrogens with zero attached hydrogens (tertiary/aromatic N) is 1. The number of hydrogen-bond acceptors (Lipinski definition) is 3. The molecule has 0 unspecified atom stereocenters.